The highest BCUT2D eigenvalue weighted by molar-refractivity contribution is 6.00. The third-order valence-electron chi connectivity index (χ3n) is 7.74. The van der Waals surface area contributed by atoms with Gasteiger partial charge in [-0.15, -0.1) is 0 Å². The molecule has 224 valence electrons. The number of hydrogen-bond acceptors (Lipinski definition) is 4. The molecule has 0 saturated heterocycles. The summed E-state index contributed by atoms with van der Waals surface area (Å²) in [5, 5.41) is 19.7. The first-order chi connectivity index (χ1) is 19.8. The van der Waals surface area contributed by atoms with Crippen LogP contribution in [0.25, 0.3) is 0 Å². The molecule has 0 heterocycles. The van der Waals surface area contributed by atoms with Crippen LogP contribution >= 0.6 is 0 Å². The fourth-order valence-electron chi connectivity index (χ4n) is 5.02. The van der Waals surface area contributed by atoms with Gasteiger partial charge in [-0.25, -0.2) is 0 Å². The molecule has 0 aliphatic heterocycles. The fraction of sp³-hybridized carbons (Fsp3) is 0.368. The van der Waals surface area contributed by atoms with Gasteiger partial charge in [0, 0.05) is 0 Å². The lowest BCUT2D eigenvalue weighted by Gasteiger charge is -2.25. The second-order valence-corrected chi connectivity index (χ2v) is 11.6. The summed E-state index contributed by atoms with van der Waals surface area (Å²) in [6, 6.07) is 0. The second-order valence-electron chi connectivity index (χ2n) is 11.6. The molecule has 0 aromatic carbocycles. The maximum Gasteiger partial charge on any atom is 0.187 e. The average molecular weight is 569 g/mol. The van der Waals surface area contributed by atoms with Crippen molar-refractivity contribution in [3.05, 3.63) is 130 Å². The molecule has 4 heteroatoms. The first-order valence-electron chi connectivity index (χ1n) is 14.8. The monoisotopic (exact) mass is 568 g/mol. The van der Waals surface area contributed by atoms with Crippen molar-refractivity contribution in [1.29, 1.82) is 0 Å². The van der Waals surface area contributed by atoms with Crippen LogP contribution in [0.15, 0.2) is 130 Å². The van der Waals surface area contributed by atoms with Gasteiger partial charge in [-0.1, -0.05) is 121 Å². The highest BCUT2D eigenvalue weighted by atomic mass is 16.3. The van der Waals surface area contributed by atoms with Gasteiger partial charge in [0.15, 0.2) is 11.6 Å². The Morgan fingerprint density at radius 2 is 0.881 bits per heavy atom. The normalized spacial score (nSPS) is 26.1. The van der Waals surface area contributed by atoms with Crippen molar-refractivity contribution in [1.82, 2.24) is 0 Å². The van der Waals surface area contributed by atoms with Crippen molar-refractivity contribution in [2.45, 2.75) is 80.4 Å². The van der Waals surface area contributed by atoms with E-state index in [0.717, 1.165) is 33.4 Å². The maximum atomic E-state index is 12.1. The minimum Gasteiger partial charge on any atom is -0.385 e. The van der Waals surface area contributed by atoms with Gasteiger partial charge in [-0.3, -0.25) is 9.59 Å². The summed E-state index contributed by atoms with van der Waals surface area (Å²) >= 11 is 0. The highest BCUT2D eigenvalue weighted by Gasteiger charge is 2.29. The smallest absolute Gasteiger partial charge is 0.187 e. The van der Waals surface area contributed by atoms with Crippen LogP contribution in [0.4, 0.5) is 0 Å². The van der Waals surface area contributed by atoms with Crippen molar-refractivity contribution in [3.8, 4) is 0 Å². The number of carbonyl (C=O) groups excluding carboxylic acids is 2. The van der Waals surface area contributed by atoms with Crippen LogP contribution in [-0.2, 0) is 9.59 Å². The minimum atomic E-state index is -0.873. The van der Waals surface area contributed by atoms with Gasteiger partial charge in [-0.2, -0.15) is 0 Å². The molecule has 2 aliphatic carbocycles. The summed E-state index contributed by atoms with van der Waals surface area (Å²) < 4.78 is 0. The lowest BCUT2D eigenvalue weighted by atomic mass is 9.81. The van der Waals surface area contributed by atoms with Crippen molar-refractivity contribution >= 4 is 11.6 Å². The van der Waals surface area contributed by atoms with Gasteiger partial charge in [0.1, 0.15) is 12.2 Å². The van der Waals surface area contributed by atoms with E-state index in [2.05, 4.69) is 38.2 Å². The molecule has 0 bridgehead atoms. The molecule has 4 atom stereocenters. The predicted molar refractivity (Wildman–Crippen MR) is 176 cm³/mol. The fourth-order valence-corrected chi connectivity index (χ4v) is 5.02. The Hall–Kier alpha value is -3.60. The van der Waals surface area contributed by atoms with Gasteiger partial charge < -0.3 is 10.2 Å². The van der Waals surface area contributed by atoms with Crippen LogP contribution < -0.4 is 0 Å². The number of carbonyl (C=O) groups is 2. The van der Waals surface area contributed by atoms with Crippen LogP contribution in [0, 0.1) is 11.8 Å². The summed E-state index contributed by atoms with van der Waals surface area (Å²) in [5.41, 5.74) is 7.73. The summed E-state index contributed by atoms with van der Waals surface area (Å²) in [7, 11) is 0. The van der Waals surface area contributed by atoms with Crippen molar-refractivity contribution in [3.63, 3.8) is 0 Å². The molecule has 4 nitrogen and oxygen atoms in total. The van der Waals surface area contributed by atoms with E-state index in [0.29, 0.717) is 24.0 Å². The van der Waals surface area contributed by atoms with E-state index in [1.54, 1.807) is 13.8 Å². The maximum absolute atomic E-state index is 12.1. The third kappa shape index (κ3) is 10.7. The van der Waals surface area contributed by atoms with Gasteiger partial charge in [-0.05, 0) is 88.5 Å². The van der Waals surface area contributed by atoms with Gasteiger partial charge >= 0.3 is 0 Å². The Labute approximate surface area is 253 Å². The summed E-state index contributed by atoms with van der Waals surface area (Å²) in [6.07, 6.45) is 27.6. The quantitative estimate of drug-likeness (QED) is 0.261. The second kappa shape index (κ2) is 16.7. The molecule has 0 radical (unpaired) electrons. The van der Waals surface area contributed by atoms with E-state index in [1.807, 2.05) is 88.5 Å². The molecule has 42 heavy (non-hydrogen) atoms. The van der Waals surface area contributed by atoms with Crippen LogP contribution in [-0.4, -0.2) is 34.0 Å². The molecule has 0 amide bonds. The summed E-state index contributed by atoms with van der Waals surface area (Å²) in [6.45, 7) is 15.8. The van der Waals surface area contributed by atoms with E-state index in [1.165, 1.54) is 0 Å². The number of allylic oxidation sites excluding steroid dienone is 20. The molecular formula is C38H48O4. The number of Topliss-reactive ketones (excluding diaryl/α,β-unsaturated/α-hetero) is 2. The molecule has 2 aliphatic rings. The van der Waals surface area contributed by atoms with Gasteiger partial charge in [0.2, 0.25) is 0 Å². The van der Waals surface area contributed by atoms with E-state index >= 15 is 0 Å². The zero-order valence-electron chi connectivity index (χ0n) is 26.5. The molecule has 4 unspecified atom stereocenters. The minimum absolute atomic E-state index is 0.161. The van der Waals surface area contributed by atoms with Crippen LogP contribution in [0.1, 0.15) is 68.2 Å². The van der Waals surface area contributed by atoms with E-state index < -0.39 is 12.2 Å². The summed E-state index contributed by atoms with van der Waals surface area (Å²) in [5.74, 6) is -0.0106. The Balaban J connectivity index is 1.90. The van der Waals surface area contributed by atoms with Gasteiger partial charge in [0.25, 0.3) is 0 Å². The van der Waals surface area contributed by atoms with Gasteiger partial charge in [0.05, 0.1) is 0 Å². The van der Waals surface area contributed by atoms with E-state index in [-0.39, 0.29) is 23.4 Å². The zero-order valence-corrected chi connectivity index (χ0v) is 26.5. The molecule has 2 rings (SSSR count). The van der Waals surface area contributed by atoms with Crippen LogP contribution in [0.5, 0.6) is 0 Å². The molecule has 2 N–H and O–H groups in total. The number of hydrogen-bond donors (Lipinski definition) is 2. The van der Waals surface area contributed by atoms with Crippen molar-refractivity contribution < 1.29 is 19.8 Å². The van der Waals surface area contributed by atoms with Crippen LogP contribution in [0.2, 0.25) is 0 Å². The lowest BCUT2D eigenvalue weighted by Crippen LogP contribution is -2.30. The zero-order chi connectivity index (χ0) is 31.4. The first-order valence-corrected chi connectivity index (χ1v) is 14.8. The standard InChI is InChI=1S/C38H48O4/c1-25(15-11-17-27(3)19-21-33-29(5)23-35(39)37(41)31(33)7)13-9-10-14-26(2)16-12-18-28(4)20-22-34-30(6)24-36(40)38(42)32(34)8/h9-22,29-30,35-36,39-40H,23-24H2,1-8H3/b10-9+,15-11+,16-12+,21-19+,22-20+,25-13+,26-14+,27-17+,28-18+. The van der Waals surface area contributed by atoms with Crippen LogP contribution in [0.3, 0.4) is 0 Å². The molecular weight excluding hydrogens is 520 g/mol. The topological polar surface area (TPSA) is 74.6 Å². The molecule has 0 spiro atoms. The Morgan fingerprint density at radius 3 is 1.24 bits per heavy atom. The Morgan fingerprint density at radius 1 is 0.571 bits per heavy atom. The Bertz CT molecular complexity index is 1260. The number of aliphatic hydroxyl groups excluding tert-OH is 2. The largest absolute Gasteiger partial charge is 0.385 e. The number of rotatable bonds is 10. The number of aliphatic hydroxyl groups is 2. The highest BCUT2D eigenvalue weighted by Crippen LogP contribution is 2.30. The lowest BCUT2D eigenvalue weighted by molar-refractivity contribution is -0.125. The summed E-state index contributed by atoms with van der Waals surface area (Å²) in [4.78, 5) is 24.2. The van der Waals surface area contributed by atoms with Crippen molar-refractivity contribution in [2.75, 3.05) is 0 Å². The predicted octanol–water partition coefficient (Wildman–Crippen LogP) is 8.13. The SMILES string of the molecule is CC1=C(/C=C/C(C)=C/C=C/C(C)=C/C=C/C=C(C)/C=C/C=C(C)/C=C/C2=C(C)C(=O)C(O)CC2C)C(C)CC(O)C1=O. The van der Waals surface area contributed by atoms with E-state index in [9.17, 15) is 19.8 Å². The molecule has 0 aromatic rings. The van der Waals surface area contributed by atoms with E-state index in [4.69, 9.17) is 0 Å². The van der Waals surface area contributed by atoms with Crippen molar-refractivity contribution in [2.24, 2.45) is 11.8 Å². The molecule has 0 aromatic heterocycles. The Kier molecular flexibility index (Phi) is 13.8. The first kappa shape index (κ1) is 34.6. The average Bonchev–Trinajstić information content (AvgIpc) is 2.92. The number of ketones is 2. The molecule has 0 saturated carbocycles. The molecule has 0 fully saturated rings. The third-order valence-corrected chi connectivity index (χ3v) is 7.74.